The van der Waals surface area contributed by atoms with Gasteiger partial charge in [0.05, 0.1) is 17.6 Å². The number of rotatable bonds is 1. The van der Waals surface area contributed by atoms with Crippen LogP contribution in [-0.2, 0) is 13.0 Å². The number of ether oxygens (including phenoxy) is 1. The van der Waals surface area contributed by atoms with E-state index in [4.69, 9.17) is 15.0 Å². The van der Waals surface area contributed by atoms with Crippen LogP contribution in [0.5, 0.6) is 5.75 Å². The van der Waals surface area contributed by atoms with Gasteiger partial charge in [0.2, 0.25) is 0 Å². The quantitative estimate of drug-likeness (QED) is 0.477. The van der Waals surface area contributed by atoms with E-state index in [-0.39, 0.29) is 6.10 Å². The van der Waals surface area contributed by atoms with E-state index in [2.05, 4.69) is 47.3 Å². The Hall–Kier alpha value is -3.61. The molecule has 1 aliphatic heterocycles. The number of aromatic nitrogens is 4. The van der Waals surface area contributed by atoms with E-state index in [0.29, 0.717) is 18.0 Å². The van der Waals surface area contributed by atoms with Crippen molar-refractivity contribution in [3.8, 4) is 28.3 Å². The predicted octanol–water partition coefficient (Wildman–Crippen LogP) is 4.86. The van der Waals surface area contributed by atoms with Crippen molar-refractivity contribution in [2.45, 2.75) is 46.8 Å². The van der Waals surface area contributed by atoms with Gasteiger partial charge >= 0.3 is 0 Å². The number of hydrogen-bond donors (Lipinski definition) is 1. The fourth-order valence-electron chi connectivity index (χ4n) is 4.28. The minimum absolute atomic E-state index is 0.262. The summed E-state index contributed by atoms with van der Waals surface area (Å²) in [6, 6.07) is 8.25. The molecule has 158 valence electrons. The van der Waals surface area contributed by atoms with E-state index in [0.717, 1.165) is 57.1 Å². The van der Waals surface area contributed by atoms with Gasteiger partial charge in [-0.1, -0.05) is 28.9 Å². The highest BCUT2D eigenvalue weighted by molar-refractivity contribution is 5.71. The van der Waals surface area contributed by atoms with Crippen molar-refractivity contribution >= 4 is 5.82 Å². The van der Waals surface area contributed by atoms with E-state index in [9.17, 15) is 0 Å². The first kappa shape index (κ1) is 19.4. The highest BCUT2D eigenvalue weighted by atomic mass is 16.5. The topological polar surface area (TPSA) is 92.0 Å². The van der Waals surface area contributed by atoms with Crippen LogP contribution < -0.4 is 10.5 Å². The second-order valence-electron chi connectivity index (χ2n) is 8.04. The van der Waals surface area contributed by atoms with E-state index in [1.54, 1.807) is 6.20 Å². The van der Waals surface area contributed by atoms with Crippen molar-refractivity contribution in [3.63, 3.8) is 0 Å². The molecule has 0 saturated heterocycles. The summed E-state index contributed by atoms with van der Waals surface area (Å²) < 4.78 is 14.2. The molecule has 1 aliphatic rings. The number of pyridine rings is 1. The van der Waals surface area contributed by atoms with Crippen LogP contribution in [0.15, 0.2) is 41.2 Å². The Morgan fingerprint density at radius 2 is 2.03 bits per heavy atom. The highest BCUT2D eigenvalue weighted by Crippen LogP contribution is 2.39. The first-order valence-electron chi connectivity index (χ1n) is 10.5. The normalized spacial score (nSPS) is 15.2. The van der Waals surface area contributed by atoms with Crippen molar-refractivity contribution < 1.29 is 9.26 Å². The molecule has 7 nitrogen and oxygen atoms in total. The second-order valence-corrected chi connectivity index (χ2v) is 8.04. The molecule has 2 bridgehead atoms. The Balaban J connectivity index is 1.82. The third kappa shape index (κ3) is 3.17. The SMILES string of the molecule is CCn1ncc2c1-c1cnc(N)c(c1)O[C@H](C)c1cc(C)ccc1-c1onc(C)c1C2. The molecule has 0 amide bonds. The third-order valence-electron chi connectivity index (χ3n) is 5.92. The number of benzene rings is 1. The molecule has 2 N–H and O–H groups in total. The van der Waals surface area contributed by atoms with Gasteiger partial charge < -0.3 is 15.0 Å². The Kier molecular flexibility index (Phi) is 4.54. The van der Waals surface area contributed by atoms with Crippen LogP contribution in [0.3, 0.4) is 0 Å². The molecule has 4 heterocycles. The summed E-state index contributed by atoms with van der Waals surface area (Å²) in [5.41, 5.74) is 14.3. The van der Waals surface area contributed by atoms with Gasteiger partial charge in [-0.3, -0.25) is 4.68 Å². The molecular weight excluding hydrogens is 390 g/mol. The van der Waals surface area contributed by atoms with Gasteiger partial charge in [-0.05, 0) is 33.8 Å². The first-order chi connectivity index (χ1) is 15.0. The van der Waals surface area contributed by atoms with Crippen LogP contribution in [0, 0.1) is 13.8 Å². The fourth-order valence-corrected chi connectivity index (χ4v) is 4.28. The molecule has 7 heteroatoms. The zero-order valence-electron chi connectivity index (χ0n) is 18.1. The molecule has 31 heavy (non-hydrogen) atoms. The van der Waals surface area contributed by atoms with Crippen LogP contribution in [0.2, 0.25) is 0 Å². The molecule has 0 unspecified atom stereocenters. The molecule has 0 radical (unpaired) electrons. The summed E-state index contributed by atoms with van der Waals surface area (Å²) in [6.07, 6.45) is 4.09. The Morgan fingerprint density at radius 3 is 2.84 bits per heavy atom. The zero-order valence-corrected chi connectivity index (χ0v) is 18.1. The summed E-state index contributed by atoms with van der Waals surface area (Å²) in [7, 11) is 0. The highest BCUT2D eigenvalue weighted by Gasteiger charge is 2.25. The second kappa shape index (κ2) is 7.27. The van der Waals surface area contributed by atoms with Crippen molar-refractivity contribution in [3.05, 3.63) is 64.6 Å². The van der Waals surface area contributed by atoms with Crippen LogP contribution in [-0.4, -0.2) is 19.9 Å². The van der Waals surface area contributed by atoms with Gasteiger partial charge in [-0.25, -0.2) is 4.98 Å². The average molecular weight is 415 g/mol. The average Bonchev–Trinajstić information content (AvgIpc) is 3.33. The molecule has 0 aliphatic carbocycles. The first-order valence-corrected chi connectivity index (χ1v) is 10.5. The third-order valence-corrected chi connectivity index (χ3v) is 5.92. The number of hydrogen-bond acceptors (Lipinski definition) is 6. The summed E-state index contributed by atoms with van der Waals surface area (Å²) in [6.45, 7) is 8.87. The molecule has 0 saturated carbocycles. The van der Waals surface area contributed by atoms with Crippen LogP contribution in [0.25, 0.3) is 22.6 Å². The molecule has 4 aromatic rings. The minimum atomic E-state index is -0.262. The smallest absolute Gasteiger partial charge is 0.171 e. The van der Waals surface area contributed by atoms with E-state index < -0.39 is 0 Å². The Labute approximate surface area is 180 Å². The van der Waals surface area contributed by atoms with Gasteiger partial charge in [-0.15, -0.1) is 0 Å². The van der Waals surface area contributed by atoms with Gasteiger partial charge in [0.25, 0.3) is 0 Å². The number of nitrogens with zero attached hydrogens (tertiary/aromatic N) is 4. The van der Waals surface area contributed by atoms with Crippen molar-refractivity contribution in [1.82, 2.24) is 19.9 Å². The number of nitrogens with two attached hydrogens (primary N) is 1. The van der Waals surface area contributed by atoms with Crippen molar-refractivity contribution in [1.29, 1.82) is 0 Å². The lowest BCUT2D eigenvalue weighted by atomic mass is 9.93. The van der Waals surface area contributed by atoms with Crippen LogP contribution in [0.1, 0.15) is 47.9 Å². The molecule has 1 aromatic carbocycles. The van der Waals surface area contributed by atoms with Gasteiger partial charge in [0.1, 0.15) is 6.10 Å². The maximum atomic E-state index is 6.35. The lowest BCUT2D eigenvalue weighted by Crippen LogP contribution is -2.09. The molecule has 0 fully saturated rings. The van der Waals surface area contributed by atoms with Crippen molar-refractivity contribution in [2.75, 3.05) is 5.73 Å². The van der Waals surface area contributed by atoms with E-state index in [1.165, 1.54) is 0 Å². The van der Waals surface area contributed by atoms with Crippen LogP contribution in [0.4, 0.5) is 5.82 Å². The lowest BCUT2D eigenvalue weighted by Gasteiger charge is -2.21. The zero-order chi connectivity index (χ0) is 21.7. The summed E-state index contributed by atoms with van der Waals surface area (Å²) >= 11 is 0. The molecule has 5 rings (SSSR count). The minimum Gasteiger partial charge on any atom is -0.482 e. The Morgan fingerprint density at radius 1 is 1.19 bits per heavy atom. The van der Waals surface area contributed by atoms with Gasteiger partial charge in [0, 0.05) is 47.0 Å². The molecule has 0 spiro atoms. The fraction of sp³-hybridized carbons (Fsp3) is 0.292. The standard InChI is InChI=1S/C24H25N5O2/c1-5-29-22-16(12-27-29)9-19-14(3)28-31-23(19)18-7-6-13(2)8-20(18)15(4)30-21-10-17(22)11-26-24(21)25/h6-8,10-12,15H,5,9H2,1-4H3,(H2,25,26)/t15-/m1/s1. The molecular formula is C24H25N5O2. The van der Waals surface area contributed by atoms with E-state index >= 15 is 0 Å². The van der Waals surface area contributed by atoms with Gasteiger partial charge in [0.15, 0.2) is 17.3 Å². The maximum Gasteiger partial charge on any atom is 0.171 e. The number of nitrogen functional groups attached to an aromatic ring is 1. The maximum absolute atomic E-state index is 6.35. The molecule has 3 aromatic heterocycles. The van der Waals surface area contributed by atoms with Crippen molar-refractivity contribution in [2.24, 2.45) is 0 Å². The predicted molar refractivity (Wildman–Crippen MR) is 119 cm³/mol. The Bertz CT molecular complexity index is 1290. The molecule has 1 atom stereocenters. The summed E-state index contributed by atoms with van der Waals surface area (Å²) in [5.74, 6) is 1.69. The van der Waals surface area contributed by atoms with Crippen LogP contribution >= 0.6 is 0 Å². The largest absolute Gasteiger partial charge is 0.482 e. The van der Waals surface area contributed by atoms with E-state index in [1.807, 2.05) is 30.8 Å². The van der Waals surface area contributed by atoms with Gasteiger partial charge in [-0.2, -0.15) is 5.10 Å². The number of anilines is 1. The summed E-state index contributed by atoms with van der Waals surface area (Å²) in [5, 5.41) is 8.91. The number of fused-ring (bicyclic) bond motifs is 7. The summed E-state index contributed by atoms with van der Waals surface area (Å²) in [4.78, 5) is 4.42. The lowest BCUT2D eigenvalue weighted by molar-refractivity contribution is 0.228. The monoisotopic (exact) mass is 415 g/mol. The number of aryl methyl sites for hydroxylation is 3.